The van der Waals surface area contributed by atoms with Crippen molar-refractivity contribution in [2.45, 2.75) is 26.1 Å². The van der Waals surface area contributed by atoms with Crippen LogP contribution in [0.25, 0.3) is 0 Å². The van der Waals surface area contributed by atoms with Crippen LogP contribution in [0.3, 0.4) is 0 Å². The molecule has 2 aromatic carbocycles. The van der Waals surface area contributed by atoms with E-state index in [0.717, 1.165) is 65.4 Å². The van der Waals surface area contributed by atoms with Crippen molar-refractivity contribution in [3.05, 3.63) is 71.8 Å². The highest BCUT2D eigenvalue weighted by Gasteiger charge is 2.35. The molecule has 0 aromatic heterocycles. The van der Waals surface area contributed by atoms with Gasteiger partial charge in [-0.15, -0.1) is 0 Å². The van der Waals surface area contributed by atoms with Gasteiger partial charge < -0.3 is 19.6 Å². The van der Waals surface area contributed by atoms with Crippen LogP contribution < -0.4 is 14.7 Å². The Bertz CT molecular complexity index is 781. The number of nitrogens with one attached hydrogen (secondary N) is 3. The average molecular weight is 410 g/mol. The Morgan fingerprint density at radius 2 is 1.23 bits per heavy atom. The Labute approximate surface area is 180 Å². The zero-order valence-corrected chi connectivity index (χ0v) is 18.3. The molecule has 4 rings (SSSR count). The van der Waals surface area contributed by atoms with Crippen LogP contribution in [-0.4, -0.2) is 69.2 Å². The van der Waals surface area contributed by atoms with Crippen LogP contribution in [0.4, 0.5) is 0 Å². The minimum absolute atomic E-state index is 0.0824. The topological polar surface area (TPSA) is 33.6 Å². The molecule has 3 N–H and O–H groups in total. The summed E-state index contributed by atoms with van der Waals surface area (Å²) in [6.07, 6.45) is 0. The number of hydrogen-bond donors (Lipinski definition) is 3. The quantitative estimate of drug-likeness (QED) is 0.522. The molecular formula is C25H37N4O+3. The fourth-order valence-electron chi connectivity index (χ4n) is 4.97. The molecule has 2 aromatic rings. The van der Waals surface area contributed by atoms with E-state index < -0.39 is 0 Å². The van der Waals surface area contributed by atoms with Crippen LogP contribution in [0.1, 0.15) is 18.1 Å². The SMILES string of the molecule is C[C@H](C(=O)N1CC[NH+](Cc2ccccc2)CC1)[NH+]1CC[NH+](Cc2ccccc2)CC1. The van der Waals surface area contributed by atoms with Crippen LogP contribution in [0.15, 0.2) is 60.7 Å². The first-order chi connectivity index (χ1) is 14.7. The minimum Gasteiger partial charge on any atom is -0.328 e. The summed E-state index contributed by atoms with van der Waals surface area (Å²) in [5.74, 6) is 0.357. The Hall–Kier alpha value is -2.21. The van der Waals surface area contributed by atoms with Crippen molar-refractivity contribution in [2.75, 3.05) is 52.4 Å². The van der Waals surface area contributed by atoms with Crippen molar-refractivity contribution in [1.82, 2.24) is 4.90 Å². The molecule has 2 heterocycles. The van der Waals surface area contributed by atoms with Gasteiger partial charge in [0.2, 0.25) is 0 Å². The van der Waals surface area contributed by atoms with E-state index in [-0.39, 0.29) is 6.04 Å². The zero-order chi connectivity index (χ0) is 20.8. The van der Waals surface area contributed by atoms with Crippen LogP contribution in [0.2, 0.25) is 0 Å². The normalized spacial score (nSPS) is 23.8. The number of carbonyl (C=O) groups is 1. The highest BCUT2D eigenvalue weighted by atomic mass is 16.2. The summed E-state index contributed by atoms with van der Waals surface area (Å²) in [6, 6.07) is 21.6. The van der Waals surface area contributed by atoms with E-state index in [0.29, 0.717) is 5.91 Å². The lowest BCUT2D eigenvalue weighted by Crippen LogP contribution is -3.29. The van der Waals surface area contributed by atoms with Gasteiger partial charge in [0.15, 0.2) is 6.04 Å². The first kappa shape index (κ1) is 21.0. The number of benzene rings is 2. The molecule has 0 bridgehead atoms. The summed E-state index contributed by atoms with van der Waals surface area (Å²) in [5, 5.41) is 0. The van der Waals surface area contributed by atoms with E-state index in [1.54, 1.807) is 9.80 Å². The van der Waals surface area contributed by atoms with E-state index in [1.165, 1.54) is 16.0 Å². The van der Waals surface area contributed by atoms with Crippen LogP contribution in [0.5, 0.6) is 0 Å². The number of nitrogens with zero attached hydrogens (tertiary/aromatic N) is 1. The maximum absolute atomic E-state index is 13.1. The number of carbonyl (C=O) groups excluding carboxylic acids is 1. The highest BCUT2D eigenvalue weighted by molar-refractivity contribution is 5.80. The molecule has 1 atom stereocenters. The van der Waals surface area contributed by atoms with Gasteiger partial charge in [-0.2, -0.15) is 0 Å². The monoisotopic (exact) mass is 409 g/mol. The molecule has 0 radical (unpaired) electrons. The Morgan fingerprint density at radius 1 is 0.767 bits per heavy atom. The Kier molecular flexibility index (Phi) is 7.16. The second-order valence-corrected chi connectivity index (χ2v) is 9.03. The molecule has 0 spiro atoms. The van der Waals surface area contributed by atoms with Crippen molar-refractivity contribution < 1.29 is 19.5 Å². The standard InChI is InChI=1S/C25H34N4O/c1-22(28-16-12-26(13-17-28)20-23-8-4-2-5-9-23)25(30)29-18-14-27(15-19-29)21-24-10-6-3-7-11-24/h2-11,22H,12-21H2,1H3/p+3/t22-/m1/s1. The fraction of sp³-hybridized carbons (Fsp3) is 0.480. The molecule has 2 aliphatic heterocycles. The summed E-state index contributed by atoms with van der Waals surface area (Å²) in [5.41, 5.74) is 2.80. The highest BCUT2D eigenvalue weighted by Crippen LogP contribution is 1.99. The first-order valence-electron chi connectivity index (χ1n) is 11.6. The van der Waals surface area contributed by atoms with Gasteiger partial charge in [-0.3, -0.25) is 4.79 Å². The lowest BCUT2D eigenvalue weighted by atomic mass is 10.1. The predicted molar refractivity (Wildman–Crippen MR) is 118 cm³/mol. The summed E-state index contributed by atoms with van der Waals surface area (Å²) in [6.45, 7) is 12.7. The molecule has 5 nitrogen and oxygen atoms in total. The number of quaternary nitrogens is 3. The van der Waals surface area contributed by atoms with E-state index >= 15 is 0 Å². The van der Waals surface area contributed by atoms with Gasteiger partial charge in [0.25, 0.3) is 5.91 Å². The van der Waals surface area contributed by atoms with Crippen molar-refractivity contribution >= 4 is 5.91 Å². The van der Waals surface area contributed by atoms with Crippen molar-refractivity contribution in [3.8, 4) is 0 Å². The Balaban J connectivity index is 1.21. The molecule has 2 saturated heterocycles. The second-order valence-electron chi connectivity index (χ2n) is 9.03. The molecule has 5 heteroatoms. The van der Waals surface area contributed by atoms with Gasteiger partial charge in [-0.1, -0.05) is 60.7 Å². The second kappa shape index (κ2) is 10.2. The van der Waals surface area contributed by atoms with E-state index in [1.807, 2.05) is 0 Å². The average Bonchev–Trinajstić information content (AvgIpc) is 2.80. The summed E-state index contributed by atoms with van der Waals surface area (Å²) in [4.78, 5) is 19.9. The van der Waals surface area contributed by atoms with E-state index in [9.17, 15) is 4.79 Å². The zero-order valence-electron chi connectivity index (χ0n) is 18.3. The number of rotatable bonds is 6. The molecule has 0 aliphatic carbocycles. The van der Waals surface area contributed by atoms with Gasteiger partial charge in [0.1, 0.15) is 39.3 Å². The lowest BCUT2D eigenvalue weighted by Gasteiger charge is -2.37. The number of amides is 1. The van der Waals surface area contributed by atoms with Crippen molar-refractivity contribution in [3.63, 3.8) is 0 Å². The molecular weight excluding hydrogens is 372 g/mol. The molecule has 1 amide bonds. The van der Waals surface area contributed by atoms with Gasteiger partial charge >= 0.3 is 0 Å². The molecule has 2 fully saturated rings. The minimum atomic E-state index is 0.0824. The summed E-state index contributed by atoms with van der Waals surface area (Å²) < 4.78 is 0. The maximum atomic E-state index is 13.1. The van der Waals surface area contributed by atoms with Crippen LogP contribution in [0, 0.1) is 0 Å². The van der Waals surface area contributed by atoms with Crippen LogP contribution >= 0.6 is 0 Å². The summed E-state index contributed by atoms with van der Waals surface area (Å²) >= 11 is 0. The molecule has 30 heavy (non-hydrogen) atoms. The molecule has 0 unspecified atom stereocenters. The molecule has 0 saturated carbocycles. The largest absolute Gasteiger partial charge is 0.328 e. The lowest BCUT2D eigenvalue weighted by molar-refractivity contribution is -1.02. The van der Waals surface area contributed by atoms with Crippen LogP contribution in [-0.2, 0) is 17.9 Å². The van der Waals surface area contributed by atoms with Gasteiger partial charge in [-0.25, -0.2) is 0 Å². The number of piperazine rings is 2. The van der Waals surface area contributed by atoms with Crippen molar-refractivity contribution in [2.24, 2.45) is 0 Å². The predicted octanol–water partition coefficient (Wildman–Crippen LogP) is -1.71. The fourth-order valence-corrected chi connectivity index (χ4v) is 4.97. The van der Waals surface area contributed by atoms with E-state index in [4.69, 9.17) is 0 Å². The third-order valence-corrected chi connectivity index (χ3v) is 6.96. The van der Waals surface area contributed by atoms with Gasteiger partial charge in [0.05, 0.1) is 26.2 Å². The smallest absolute Gasteiger partial charge is 0.280 e. The Morgan fingerprint density at radius 3 is 1.73 bits per heavy atom. The molecule has 160 valence electrons. The van der Waals surface area contributed by atoms with Gasteiger partial charge in [-0.05, 0) is 6.92 Å². The summed E-state index contributed by atoms with van der Waals surface area (Å²) in [7, 11) is 0. The third-order valence-electron chi connectivity index (χ3n) is 6.96. The van der Waals surface area contributed by atoms with E-state index in [2.05, 4.69) is 72.5 Å². The number of hydrogen-bond acceptors (Lipinski definition) is 1. The first-order valence-corrected chi connectivity index (χ1v) is 11.6. The van der Waals surface area contributed by atoms with Crippen molar-refractivity contribution in [1.29, 1.82) is 0 Å². The molecule has 2 aliphatic rings. The maximum Gasteiger partial charge on any atom is 0.280 e. The van der Waals surface area contributed by atoms with Gasteiger partial charge in [0, 0.05) is 11.1 Å². The third kappa shape index (κ3) is 5.48.